The van der Waals surface area contributed by atoms with E-state index in [2.05, 4.69) is 4.72 Å². The smallest absolute Gasteiger partial charge is 0.262 e. The number of anilines is 1. The summed E-state index contributed by atoms with van der Waals surface area (Å²) < 4.78 is 37.8. The van der Waals surface area contributed by atoms with Crippen molar-refractivity contribution in [2.24, 2.45) is 5.73 Å². The molecule has 3 N–H and O–H groups in total. The van der Waals surface area contributed by atoms with E-state index in [1.54, 1.807) is 19.1 Å². The van der Waals surface area contributed by atoms with Gasteiger partial charge in [0.05, 0.1) is 24.8 Å². The van der Waals surface area contributed by atoms with Crippen molar-refractivity contribution >= 4 is 21.6 Å². The van der Waals surface area contributed by atoms with Gasteiger partial charge < -0.3 is 15.2 Å². The highest BCUT2D eigenvalue weighted by atomic mass is 32.2. The van der Waals surface area contributed by atoms with Crippen LogP contribution in [0.4, 0.5) is 5.69 Å². The lowest BCUT2D eigenvalue weighted by molar-refractivity contribution is 0.0999. The van der Waals surface area contributed by atoms with Crippen LogP contribution in [0.5, 0.6) is 11.5 Å². The maximum absolute atomic E-state index is 12.6. The number of nitrogens with two attached hydrogens (primary N) is 1. The Morgan fingerprint density at radius 2 is 1.75 bits per heavy atom. The van der Waals surface area contributed by atoms with Crippen LogP contribution in [0.1, 0.15) is 15.9 Å². The SMILES string of the molecule is COc1ccc(S(=O)(=O)Nc2cccc(C(N)=O)c2C)cc1OC. The van der Waals surface area contributed by atoms with Crippen LogP contribution in [-0.2, 0) is 10.0 Å². The maximum atomic E-state index is 12.6. The van der Waals surface area contributed by atoms with Crippen LogP contribution in [0.15, 0.2) is 41.3 Å². The summed E-state index contributed by atoms with van der Waals surface area (Å²) in [6, 6.07) is 8.90. The molecule has 0 radical (unpaired) electrons. The molecule has 0 saturated carbocycles. The van der Waals surface area contributed by atoms with Gasteiger partial charge in [-0.1, -0.05) is 6.07 Å². The lowest BCUT2D eigenvalue weighted by Crippen LogP contribution is -2.17. The summed E-state index contributed by atoms with van der Waals surface area (Å²) in [6.07, 6.45) is 0. The third-order valence-electron chi connectivity index (χ3n) is 3.51. The lowest BCUT2D eigenvalue weighted by Gasteiger charge is -2.14. The third kappa shape index (κ3) is 3.43. The maximum Gasteiger partial charge on any atom is 0.262 e. The van der Waals surface area contributed by atoms with Gasteiger partial charge in [-0.15, -0.1) is 0 Å². The highest BCUT2D eigenvalue weighted by molar-refractivity contribution is 7.92. The molecule has 0 spiro atoms. The molecule has 0 aliphatic rings. The largest absolute Gasteiger partial charge is 0.493 e. The molecule has 0 fully saturated rings. The fraction of sp³-hybridized carbons (Fsp3) is 0.188. The molecular weight excluding hydrogens is 332 g/mol. The van der Waals surface area contributed by atoms with Crippen molar-refractivity contribution in [1.82, 2.24) is 0 Å². The molecule has 2 rings (SSSR count). The van der Waals surface area contributed by atoms with Gasteiger partial charge in [-0.3, -0.25) is 9.52 Å². The van der Waals surface area contributed by atoms with Crippen molar-refractivity contribution in [2.75, 3.05) is 18.9 Å². The van der Waals surface area contributed by atoms with Crippen molar-refractivity contribution in [1.29, 1.82) is 0 Å². The topological polar surface area (TPSA) is 108 Å². The van der Waals surface area contributed by atoms with Gasteiger partial charge in [0, 0.05) is 11.6 Å². The number of amides is 1. The van der Waals surface area contributed by atoms with Gasteiger partial charge >= 0.3 is 0 Å². The average Bonchev–Trinajstić information content (AvgIpc) is 2.55. The van der Waals surface area contributed by atoms with Gasteiger partial charge in [0.15, 0.2) is 11.5 Å². The van der Waals surface area contributed by atoms with Crippen molar-refractivity contribution < 1.29 is 22.7 Å². The minimum absolute atomic E-state index is 0.00373. The Morgan fingerprint density at radius 3 is 2.33 bits per heavy atom. The fourth-order valence-corrected chi connectivity index (χ4v) is 3.34. The minimum atomic E-state index is -3.87. The first kappa shape index (κ1) is 17.6. The van der Waals surface area contributed by atoms with E-state index in [0.717, 1.165) is 0 Å². The van der Waals surface area contributed by atoms with E-state index in [1.807, 2.05) is 0 Å². The van der Waals surface area contributed by atoms with Crippen molar-refractivity contribution in [3.63, 3.8) is 0 Å². The van der Waals surface area contributed by atoms with Crippen LogP contribution in [0.25, 0.3) is 0 Å². The van der Waals surface area contributed by atoms with Crippen LogP contribution < -0.4 is 19.9 Å². The number of nitrogens with one attached hydrogen (secondary N) is 1. The number of hydrogen-bond donors (Lipinski definition) is 2. The molecule has 0 bridgehead atoms. The van der Waals surface area contributed by atoms with Crippen LogP contribution in [0.3, 0.4) is 0 Å². The summed E-state index contributed by atoms with van der Waals surface area (Å²) >= 11 is 0. The zero-order chi connectivity index (χ0) is 17.9. The molecule has 0 unspecified atom stereocenters. The second-order valence-electron chi connectivity index (χ2n) is 4.96. The summed E-state index contributed by atoms with van der Waals surface area (Å²) in [5, 5.41) is 0. The standard InChI is InChI=1S/C16H18N2O5S/c1-10-12(16(17)19)5-4-6-13(10)18-24(20,21)11-7-8-14(22-2)15(9-11)23-3/h4-9,18H,1-3H3,(H2,17,19). The Kier molecular flexibility index (Phi) is 4.99. The van der Waals surface area contributed by atoms with Crippen molar-refractivity contribution in [3.8, 4) is 11.5 Å². The second kappa shape index (κ2) is 6.79. The Hall–Kier alpha value is -2.74. The number of carbonyl (C=O) groups excluding carboxylic acids is 1. The van der Waals surface area contributed by atoms with Crippen LogP contribution in [-0.4, -0.2) is 28.5 Å². The van der Waals surface area contributed by atoms with E-state index in [1.165, 1.54) is 38.5 Å². The first-order valence-electron chi connectivity index (χ1n) is 6.94. The number of hydrogen-bond acceptors (Lipinski definition) is 5. The first-order valence-corrected chi connectivity index (χ1v) is 8.42. The normalized spacial score (nSPS) is 11.0. The zero-order valence-electron chi connectivity index (χ0n) is 13.5. The number of benzene rings is 2. The molecule has 0 aliphatic heterocycles. The highest BCUT2D eigenvalue weighted by Crippen LogP contribution is 2.30. The molecular formula is C16H18N2O5S. The number of ether oxygens (including phenoxy) is 2. The summed E-state index contributed by atoms with van der Waals surface area (Å²) in [7, 11) is -0.993. The molecule has 1 amide bonds. The molecule has 0 aliphatic carbocycles. The van der Waals surface area contributed by atoms with Crippen LogP contribution in [0, 0.1) is 6.92 Å². The molecule has 0 saturated heterocycles. The number of primary amides is 1. The molecule has 0 heterocycles. The molecule has 8 heteroatoms. The van der Waals surface area contributed by atoms with Crippen molar-refractivity contribution in [2.45, 2.75) is 11.8 Å². The zero-order valence-corrected chi connectivity index (χ0v) is 14.3. The number of methoxy groups -OCH3 is 2. The average molecular weight is 350 g/mol. The van der Waals surface area contributed by atoms with Gasteiger partial charge in [-0.05, 0) is 36.8 Å². The quantitative estimate of drug-likeness (QED) is 0.827. The van der Waals surface area contributed by atoms with E-state index in [9.17, 15) is 13.2 Å². The number of sulfonamides is 1. The van der Waals surface area contributed by atoms with E-state index in [0.29, 0.717) is 17.1 Å². The van der Waals surface area contributed by atoms with Gasteiger partial charge in [0.1, 0.15) is 0 Å². The third-order valence-corrected chi connectivity index (χ3v) is 4.87. The van der Waals surface area contributed by atoms with Crippen LogP contribution in [0.2, 0.25) is 0 Å². The predicted octanol–water partition coefficient (Wildman–Crippen LogP) is 1.91. The van der Waals surface area contributed by atoms with Gasteiger partial charge in [0.25, 0.3) is 10.0 Å². The number of rotatable bonds is 6. The Bertz CT molecular complexity index is 878. The van der Waals surface area contributed by atoms with Gasteiger partial charge in [-0.2, -0.15) is 0 Å². The first-order chi connectivity index (χ1) is 11.3. The summed E-state index contributed by atoms with van der Waals surface area (Å²) in [5.41, 5.74) is 6.27. The van der Waals surface area contributed by atoms with E-state index in [4.69, 9.17) is 15.2 Å². The van der Waals surface area contributed by atoms with Crippen LogP contribution >= 0.6 is 0 Å². The molecule has 7 nitrogen and oxygen atoms in total. The van der Waals surface area contributed by atoms with E-state index < -0.39 is 15.9 Å². The fourth-order valence-electron chi connectivity index (χ4n) is 2.20. The molecule has 2 aromatic carbocycles. The molecule has 24 heavy (non-hydrogen) atoms. The number of carbonyl (C=O) groups is 1. The molecule has 128 valence electrons. The van der Waals surface area contributed by atoms with E-state index >= 15 is 0 Å². The highest BCUT2D eigenvalue weighted by Gasteiger charge is 2.19. The molecule has 0 aromatic heterocycles. The Balaban J connectivity index is 2.43. The van der Waals surface area contributed by atoms with Crippen molar-refractivity contribution in [3.05, 3.63) is 47.5 Å². The second-order valence-corrected chi connectivity index (χ2v) is 6.65. The van der Waals surface area contributed by atoms with E-state index in [-0.39, 0.29) is 16.1 Å². The molecule has 0 atom stereocenters. The summed E-state index contributed by atoms with van der Waals surface area (Å²) in [4.78, 5) is 11.4. The summed E-state index contributed by atoms with van der Waals surface area (Å²) in [6.45, 7) is 1.62. The monoisotopic (exact) mass is 350 g/mol. The molecule has 2 aromatic rings. The predicted molar refractivity (Wildman–Crippen MR) is 90.1 cm³/mol. The van der Waals surface area contributed by atoms with Gasteiger partial charge in [-0.25, -0.2) is 8.42 Å². The summed E-state index contributed by atoms with van der Waals surface area (Å²) in [5.74, 6) is 0.0889. The lowest BCUT2D eigenvalue weighted by atomic mass is 10.1. The Morgan fingerprint density at radius 1 is 1.08 bits per heavy atom. The minimum Gasteiger partial charge on any atom is -0.493 e. The van der Waals surface area contributed by atoms with Gasteiger partial charge in [0.2, 0.25) is 5.91 Å². The Labute approximate surface area is 140 Å².